The van der Waals surface area contributed by atoms with Crippen LogP contribution in [0.25, 0.3) is 22.2 Å². The van der Waals surface area contributed by atoms with E-state index in [1.807, 2.05) is 61.6 Å². The highest BCUT2D eigenvalue weighted by atomic mass is 35.5. The number of allylic oxidation sites excluding steroid dienone is 1. The van der Waals surface area contributed by atoms with E-state index in [1.165, 1.54) is 0 Å². The number of H-pyrrole nitrogens is 1. The number of carbonyl (C=O) groups is 2. The molecule has 2 atom stereocenters. The first-order chi connectivity index (χ1) is 19.9. The fourth-order valence-electron chi connectivity index (χ4n) is 5.52. The second-order valence-corrected chi connectivity index (χ2v) is 11.5. The number of halogens is 1. The molecular weight excluding hydrogens is 534 g/mol. The lowest BCUT2D eigenvalue weighted by Gasteiger charge is -2.29. The van der Waals surface area contributed by atoms with E-state index in [1.54, 1.807) is 24.4 Å². The standard InChI is InChI=1S/C33H36ClN5O2/c1-39(2)16-6-9-26(40)18-22-12-14-24(15-13-22)33(41)37-25-8-5-7-23(17-25)19-31-36-21-29(34)32(38-31)28-20-35-30-11-4-3-10-27(28)30/h3-4,6,9-15,20-21,23,25,35H,5,7-8,16-19H2,1-2H3,(H,37,41)/b9-6+/t23-,25+/m0/s1. The molecule has 7 nitrogen and oxygen atoms in total. The highest BCUT2D eigenvalue weighted by molar-refractivity contribution is 6.33. The quantitative estimate of drug-likeness (QED) is 0.227. The van der Waals surface area contributed by atoms with Gasteiger partial charge in [0.25, 0.3) is 5.91 Å². The van der Waals surface area contributed by atoms with E-state index in [4.69, 9.17) is 16.6 Å². The lowest BCUT2D eigenvalue weighted by molar-refractivity contribution is -0.114. The summed E-state index contributed by atoms with van der Waals surface area (Å²) in [6, 6.07) is 15.5. The Morgan fingerprint density at radius 2 is 1.93 bits per heavy atom. The van der Waals surface area contributed by atoms with E-state index in [9.17, 15) is 9.59 Å². The van der Waals surface area contributed by atoms with Crippen LogP contribution in [0.1, 0.15) is 47.4 Å². The molecule has 1 aliphatic carbocycles. The molecular formula is C33H36ClN5O2. The Morgan fingerprint density at radius 1 is 1.12 bits per heavy atom. The van der Waals surface area contributed by atoms with Gasteiger partial charge < -0.3 is 15.2 Å². The van der Waals surface area contributed by atoms with Crippen molar-refractivity contribution in [1.82, 2.24) is 25.2 Å². The number of nitrogens with one attached hydrogen (secondary N) is 2. The molecule has 0 unspecified atom stereocenters. The largest absolute Gasteiger partial charge is 0.360 e. The van der Waals surface area contributed by atoms with Gasteiger partial charge >= 0.3 is 0 Å². The molecule has 8 heteroatoms. The van der Waals surface area contributed by atoms with Gasteiger partial charge in [-0.25, -0.2) is 9.97 Å². The van der Waals surface area contributed by atoms with E-state index >= 15 is 0 Å². The molecule has 2 heterocycles. The third-order valence-corrected chi connectivity index (χ3v) is 7.87. The topological polar surface area (TPSA) is 91.0 Å². The summed E-state index contributed by atoms with van der Waals surface area (Å²) in [5.74, 6) is 1.12. The van der Waals surface area contributed by atoms with E-state index in [0.29, 0.717) is 22.9 Å². The van der Waals surface area contributed by atoms with Gasteiger partial charge in [0, 0.05) is 59.9 Å². The molecule has 2 N–H and O–H groups in total. The molecule has 5 rings (SSSR count). The first kappa shape index (κ1) is 28.7. The number of hydrogen-bond acceptors (Lipinski definition) is 5. The molecule has 1 amide bonds. The number of benzene rings is 2. The van der Waals surface area contributed by atoms with Crippen molar-refractivity contribution in [1.29, 1.82) is 0 Å². The fourth-order valence-corrected chi connectivity index (χ4v) is 5.71. The molecule has 212 valence electrons. The van der Waals surface area contributed by atoms with Gasteiger partial charge in [-0.1, -0.05) is 54.4 Å². The van der Waals surface area contributed by atoms with Gasteiger partial charge in [-0.15, -0.1) is 0 Å². The predicted octanol–water partition coefficient (Wildman–Crippen LogP) is 6.04. The minimum atomic E-state index is -0.0798. The third kappa shape index (κ3) is 7.48. The number of para-hydroxylation sites is 1. The Labute approximate surface area is 246 Å². The van der Waals surface area contributed by atoms with E-state index in [0.717, 1.165) is 72.2 Å². The van der Waals surface area contributed by atoms with Crippen LogP contribution in [0.3, 0.4) is 0 Å². The summed E-state index contributed by atoms with van der Waals surface area (Å²) < 4.78 is 0. The molecule has 41 heavy (non-hydrogen) atoms. The zero-order valence-corrected chi connectivity index (χ0v) is 24.3. The summed E-state index contributed by atoms with van der Waals surface area (Å²) in [5, 5.41) is 4.84. The maximum absolute atomic E-state index is 13.0. The highest BCUT2D eigenvalue weighted by Gasteiger charge is 2.25. The maximum Gasteiger partial charge on any atom is 0.251 e. The molecule has 4 aromatic rings. The lowest BCUT2D eigenvalue weighted by atomic mass is 9.83. The first-order valence-electron chi connectivity index (χ1n) is 14.2. The lowest BCUT2D eigenvalue weighted by Crippen LogP contribution is -2.38. The number of likely N-dealkylation sites (N-methyl/N-ethyl adjacent to an activating group) is 1. The highest BCUT2D eigenvalue weighted by Crippen LogP contribution is 2.33. The molecule has 0 saturated heterocycles. The molecule has 0 bridgehead atoms. The van der Waals surface area contributed by atoms with Crippen molar-refractivity contribution in [3.8, 4) is 11.3 Å². The minimum Gasteiger partial charge on any atom is -0.360 e. The van der Waals surface area contributed by atoms with E-state index in [2.05, 4.69) is 21.4 Å². The van der Waals surface area contributed by atoms with Crippen LogP contribution in [0.4, 0.5) is 0 Å². The van der Waals surface area contributed by atoms with Crippen molar-refractivity contribution in [3.63, 3.8) is 0 Å². The monoisotopic (exact) mass is 569 g/mol. The van der Waals surface area contributed by atoms with E-state index < -0.39 is 0 Å². The Balaban J connectivity index is 1.17. The van der Waals surface area contributed by atoms with Crippen molar-refractivity contribution >= 4 is 34.2 Å². The van der Waals surface area contributed by atoms with Crippen molar-refractivity contribution in [2.45, 2.75) is 44.6 Å². The number of fused-ring (bicyclic) bond motifs is 1. The van der Waals surface area contributed by atoms with Crippen LogP contribution in [-0.4, -0.2) is 58.2 Å². The molecule has 0 aliphatic heterocycles. The number of carbonyl (C=O) groups excluding carboxylic acids is 2. The summed E-state index contributed by atoms with van der Waals surface area (Å²) in [5.41, 5.74) is 4.26. The number of aromatic nitrogens is 3. The summed E-state index contributed by atoms with van der Waals surface area (Å²) >= 11 is 6.53. The zero-order chi connectivity index (χ0) is 28.8. The molecule has 2 aromatic carbocycles. The summed E-state index contributed by atoms with van der Waals surface area (Å²) in [7, 11) is 3.92. The average Bonchev–Trinajstić information content (AvgIpc) is 3.38. The molecule has 1 saturated carbocycles. The smallest absolute Gasteiger partial charge is 0.251 e. The fraction of sp³-hybridized carbons (Fsp3) is 0.333. The molecule has 0 spiro atoms. The predicted molar refractivity (Wildman–Crippen MR) is 164 cm³/mol. The van der Waals surface area contributed by atoms with Gasteiger partial charge in [0.2, 0.25) is 0 Å². The third-order valence-electron chi connectivity index (χ3n) is 7.60. The van der Waals surface area contributed by atoms with Crippen molar-refractivity contribution in [2.24, 2.45) is 5.92 Å². The van der Waals surface area contributed by atoms with Crippen LogP contribution in [0.15, 0.2) is 73.1 Å². The van der Waals surface area contributed by atoms with Crippen LogP contribution in [0, 0.1) is 5.92 Å². The summed E-state index contributed by atoms with van der Waals surface area (Å²) in [6.45, 7) is 0.728. The number of rotatable bonds is 10. The van der Waals surface area contributed by atoms with Crippen LogP contribution in [0.2, 0.25) is 5.02 Å². The Morgan fingerprint density at radius 3 is 2.73 bits per heavy atom. The van der Waals surface area contributed by atoms with Gasteiger partial charge in [0.15, 0.2) is 5.78 Å². The van der Waals surface area contributed by atoms with E-state index in [-0.39, 0.29) is 17.7 Å². The van der Waals surface area contributed by atoms with Crippen LogP contribution in [0.5, 0.6) is 0 Å². The van der Waals surface area contributed by atoms with Gasteiger partial charge in [-0.3, -0.25) is 9.59 Å². The number of hydrogen-bond donors (Lipinski definition) is 2. The Kier molecular flexibility index (Phi) is 9.27. The summed E-state index contributed by atoms with van der Waals surface area (Å²) in [6.07, 6.45) is 12.1. The van der Waals surface area contributed by atoms with Gasteiger partial charge in [0.05, 0.1) is 10.7 Å². The number of nitrogens with zero attached hydrogens (tertiary/aromatic N) is 3. The van der Waals surface area contributed by atoms with Crippen molar-refractivity contribution < 1.29 is 9.59 Å². The van der Waals surface area contributed by atoms with Crippen LogP contribution in [-0.2, 0) is 17.6 Å². The average molecular weight is 570 g/mol. The second-order valence-electron chi connectivity index (χ2n) is 11.1. The van der Waals surface area contributed by atoms with Crippen LogP contribution < -0.4 is 5.32 Å². The minimum absolute atomic E-state index is 0.0514. The summed E-state index contributed by atoms with van der Waals surface area (Å²) in [4.78, 5) is 39.9. The number of aromatic amines is 1. The molecule has 1 aliphatic rings. The molecule has 0 radical (unpaired) electrons. The van der Waals surface area contributed by atoms with Crippen LogP contribution >= 0.6 is 11.6 Å². The van der Waals surface area contributed by atoms with Gasteiger partial charge in [-0.05, 0) is 69.1 Å². The second kappa shape index (κ2) is 13.2. The van der Waals surface area contributed by atoms with Gasteiger partial charge in [0.1, 0.15) is 5.82 Å². The molecule has 2 aromatic heterocycles. The Hall–Kier alpha value is -3.81. The van der Waals surface area contributed by atoms with Crippen molar-refractivity contribution in [3.05, 3.63) is 95.1 Å². The number of ketones is 1. The molecule has 1 fully saturated rings. The Bertz CT molecular complexity index is 1540. The zero-order valence-electron chi connectivity index (χ0n) is 23.6. The van der Waals surface area contributed by atoms with Gasteiger partial charge in [-0.2, -0.15) is 0 Å². The SMILES string of the molecule is CN(C)C/C=C/C(=O)Cc1ccc(C(=O)N[C@@H]2CCC[C@H](Cc3ncc(Cl)c(-c4c[nH]c5ccccc45)n3)C2)cc1. The van der Waals surface area contributed by atoms with Crippen molar-refractivity contribution in [2.75, 3.05) is 20.6 Å². The normalized spacial score (nSPS) is 17.4. The first-order valence-corrected chi connectivity index (χ1v) is 14.6. The maximum atomic E-state index is 13.0. The number of amides is 1.